The van der Waals surface area contributed by atoms with Crippen LogP contribution in [0.15, 0.2) is 0 Å². The highest BCUT2D eigenvalue weighted by atomic mass is 19.4. The third-order valence-electron chi connectivity index (χ3n) is 4.34. The Hall–Kier alpha value is -2.66. The SMILES string of the molecule is CC(=O)N[C@H](C(=O)N[C@H](C(=O)N[C@H](C)C(=O)NC(C)C(=O)C(F)(F)F)C(C)C)C(C)C. The molecule has 31 heavy (non-hydrogen) atoms. The summed E-state index contributed by atoms with van der Waals surface area (Å²) in [5.41, 5.74) is 0. The van der Waals surface area contributed by atoms with Gasteiger partial charge >= 0.3 is 6.18 Å². The highest BCUT2D eigenvalue weighted by molar-refractivity contribution is 5.96. The van der Waals surface area contributed by atoms with Crippen LogP contribution in [0.4, 0.5) is 13.2 Å². The lowest BCUT2D eigenvalue weighted by Gasteiger charge is -2.27. The van der Waals surface area contributed by atoms with Crippen LogP contribution in [0.1, 0.15) is 48.5 Å². The Bertz CT molecular complexity index is 695. The van der Waals surface area contributed by atoms with Crippen LogP contribution >= 0.6 is 0 Å². The van der Waals surface area contributed by atoms with E-state index in [0.29, 0.717) is 0 Å². The Balaban J connectivity index is 5.16. The van der Waals surface area contributed by atoms with Crippen LogP contribution in [0.3, 0.4) is 0 Å². The number of Topliss-reactive ketones (excluding diaryl/α,β-unsaturated/α-hetero) is 1. The Labute approximate surface area is 179 Å². The average Bonchev–Trinajstić information content (AvgIpc) is 2.61. The maximum absolute atomic E-state index is 12.6. The number of carbonyl (C=O) groups excluding carboxylic acids is 5. The summed E-state index contributed by atoms with van der Waals surface area (Å²) in [6, 6.07) is -5.06. The van der Waals surface area contributed by atoms with Crippen molar-refractivity contribution in [2.75, 3.05) is 0 Å². The molecule has 0 aromatic carbocycles. The highest BCUT2D eigenvalue weighted by Crippen LogP contribution is 2.17. The van der Waals surface area contributed by atoms with Gasteiger partial charge in [0.25, 0.3) is 5.78 Å². The van der Waals surface area contributed by atoms with E-state index in [4.69, 9.17) is 0 Å². The first-order valence-corrected chi connectivity index (χ1v) is 9.78. The lowest BCUT2D eigenvalue weighted by Crippen LogP contribution is -2.59. The number of hydrogen-bond acceptors (Lipinski definition) is 5. The Morgan fingerprint density at radius 3 is 1.39 bits per heavy atom. The number of rotatable bonds is 10. The molecule has 0 spiro atoms. The minimum absolute atomic E-state index is 0.267. The maximum Gasteiger partial charge on any atom is 0.452 e. The predicted molar refractivity (Wildman–Crippen MR) is 105 cm³/mol. The van der Waals surface area contributed by atoms with Crippen LogP contribution in [0.5, 0.6) is 0 Å². The van der Waals surface area contributed by atoms with Gasteiger partial charge in [-0.2, -0.15) is 13.2 Å². The van der Waals surface area contributed by atoms with Crippen LogP contribution in [0.2, 0.25) is 0 Å². The van der Waals surface area contributed by atoms with E-state index < -0.39 is 65.7 Å². The fraction of sp³-hybridized carbons (Fsp3) is 0.737. The van der Waals surface area contributed by atoms with Crippen molar-refractivity contribution in [2.45, 2.75) is 78.8 Å². The van der Waals surface area contributed by atoms with Crippen molar-refractivity contribution < 1.29 is 37.1 Å². The Morgan fingerprint density at radius 2 is 1.00 bits per heavy atom. The van der Waals surface area contributed by atoms with Crippen molar-refractivity contribution in [3.8, 4) is 0 Å². The summed E-state index contributed by atoms with van der Waals surface area (Å²) in [6.45, 7) is 10.1. The molecule has 4 atom stereocenters. The van der Waals surface area contributed by atoms with Crippen molar-refractivity contribution in [1.29, 1.82) is 0 Å². The lowest BCUT2D eigenvalue weighted by atomic mass is 9.99. The molecule has 178 valence electrons. The van der Waals surface area contributed by atoms with Crippen LogP contribution < -0.4 is 21.3 Å². The van der Waals surface area contributed by atoms with E-state index in [0.717, 1.165) is 6.92 Å². The van der Waals surface area contributed by atoms with Gasteiger partial charge in [-0.1, -0.05) is 27.7 Å². The molecule has 0 heterocycles. The van der Waals surface area contributed by atoms with E-state index in [1.165, 1.54) is 13.8 Å². The number of halogens is 3. The van der Waals surface area contributed by atoms with Gasteiger partial charge in [0, 0.05) is 6.92 Å². The topological polar surface area (TPSA) is 133 Å². The largest absolute Gasteiger partial charge is 0.452 e. The molecule has 4 N–H and O–H groups in total. The third-order valence-corrected chi connectivity index (χ3v) is 4.34. The van der Waals surface area contributed by atoms with Gasteiger partial charge in [0.05, 0.1) is 6.04 Å². The lowest BCUT2D eigenvalue weighted by molar-refractivity contribution is -0.173. The molecule has 4 amide bonds. The summed E-state index contributed by atoms with van der Waals surface area (Å²) in [5, 5.41) is 9.23. The summed E-state index contributed by atoms with van der Waals surface area (Å²) >= 11 is 0. The van der Waals surface area contributed by atoms with Gasteiger partial charge in [0.15, 0.2) is 0 Å². The number of carbonyl (C=O) groups is 5. The molecule has 0 fully saturated rings. The zero-order valence-corrected chi connectivity index (χ0v) is 18.6. The van der Waals surface area contributed by atoms with Gasteiger partial charge < -0.3 is 21.3 Å². The fourth-order valence-electron chi connectivity index (χ4n) is 2.55. The molecule has 0 saturated heterocycles. The third kappa shape index (κ3) is 9.35. The second kappa shape index (κ2) is 11.7. The van der Waals surface area contributed by atoms with E-state index >= 15 is 0 Å². The highest BCUT2D eigenvalue weighted by Gasteiger charge is 2.42. The van der Waals surface area contributed by atoms with Crippen LogP contribution in [0.25, 0.3) is 0 Å². The normalized spacial score (nSPS) is 15.5. The monoisotopic (exact) mass is 452 g/mol. The van der Waals surface area contributed by atoms with Gasteiger partial charge in [-0.3, -0.25) is 24.0 Å². The van der Waals surface area contributed by atoms with Gasteiger partial charge in [-0.25, -0.2) is 0 Å². The van der Waals surface area contributed by atoms with Gasteiger partial charge in [-0.15, -0.1) is 0 Å². The summed E-state index contributed by atoms with van der Waals surface area (Å²) in [6.07, 6.45) is -5.10. The van der Waals surface area contributed by atoms with Crippen molar-refractivity contribution in [1.82, 2.24) is 21.3 Å². The Kier molecular flexibility index (Phi) is 10.7. The van der Waals surface area contributed by atoms with Gasteiger partial charge in [0.1, 0.15) is 18.1 Å². The number of alkyl halides is 3. The number of nitrogens with one attached hydrogen (secondary N) is 4. The van der Waals surface area contributed by atoms with Crippen LogP contribution in [-0.4, -0.2) is 59.8 Å². The molecule has 0 radical (unpaired) electrons. The summed E-state index contributed by atoms with van der Waals surface area (Å²) in [7, 11) is 0. The first-order chi connectivity index (χ1) is 14.0. The molecule has 0 rings (SSSR count). The average molecular weight is 452 g/mol. The number of ketones is 1. The molecule has 9 nitrogen and oxygen atoms in total. The van der Waals surface area contributed by atoms with E-state index in [1.54, 1.807) is 27.7 Å². The Morgan fingerprint density at radius 1 is 0.613 bits per heavy atom. The summed E-state index contributed by atoms with van der Waals surface area (Å²) in [4.78, 5) is 59.7. The first-order valence-electron chi connectivity index (χ1n) is 9.78. The van der Waals surface area contributed by atoms with Crippen LogP contribution in [-0.2, 0) is 24.0 Å². The van der Waals surface area contributed by atoms with Crippen molar-refractivity contribution in [3.63, 3.8) is 0 Å². The van der Waals surface area contributed by atoms with Gasteiger partial charge in [-0.05, 0) is 25.7 Å². The van der Waals surface area contributed by atoms with Gasteiger partial charge in [0.2, 0.25) is 23.6 Å². The van der Waals surface area contributed by atoms with Crippen molar-refractivity contribution in [2.24, 2.45) is 11.8 Å². The molecule has 0 aromatic heterocycles. The second-order valence-electron chi connectivity index (χ2n) is 7.98. The maximum atomic E-state index is 12.6. The smallest absolute Gasteiger partial charge is 0.344 e. The molecule has 0 aromatic rings. The number of hydrogen-bond donors (Lipinski definition) is 4. The quantitative estimate of drug-likeness (QED) is 0.382. The van der Waals surface area contributed by atoms with E-state index in [1.807, 2.05) is 5.32 Å². The molecule has 0 saturated carbocycles. The molecule has 0 bridgehead atoms. The molecule has 0 aliphatic carbocycles. The zero-order valence-electron chi connectivity index (χ0n) is 18.6. The van der Waals surface area contributed by atoms with E-state index in [9.17, 15) is 37.1 Å². The standard InChI is InChI=1S/C19H31F3N4O5/c1-8(2)13(25-12(7)27)18(31)26-14(9(3)4)17(30)24-11(6)16(29)23-10(5)15(28)19(20,21)22/h8-11,13-14H,1-7H3,(H,23,29)(H,24,30)(H,25,27)(H,26,31)/t10?,11-,13+,14+/m1/s1. The molecular weight excluding hydrogens is 421 g/mol. The summed E-state index contributed by atoms with van der Waals surface area (Å²) < 4.78 is 37.3. The molecular formula is C19H31F3N4O5. The number of amides is 4. The molecule has 1 unspecified atom stereocenters. The van der Waals surface area contributed by atoms with E-state index in [2.05, 4.69) is 16.0 Å². The molecule has 0 aliphatic heterocycles. The van der Waals surface area contributed by atoms with Crippen LogP contribution in [0, 0.1) is 11.8 Å². The predicted octanol–water partition coefficient (Wildman–Crippen LogP) is 0.429. The molecule has 0 aliphatic rings. The van der Waals surface area contributed by atoms with Crippen molar-refractivity contribution >= 4 is 29.4 Å². The first kappa shape index (κ1) is 28.3. The fourth-order valence-corrected chi connectivity index (χ4v) is 2.55. The second-order valence-corrected chi connectivity index (χ2v) is 7.98. The minimum Gasteiger partial charge on any atom is -0.344 e. The van der Waals surface area contributed by atoms with Crippen molar-refractivity contribution in [3.05, 3.63) is 0 Å². The minimum atomic E-state index is -5.10. The summed E-state index contributed by atoms with van der Waals surface area (Å²) in [5.74, 6) is -5.55. The zero-order chi connectivity index (χ0) is 24.7. The molecule has 12 heteroatoms. The van der Waals surface area contributed by atoms with E-state index in [-0.39, 0.29) is 5.92 Å².